The number of phosphoric acid groups is 1. The Bertz CT molecular complexity index is 2000. The number of hydrogen-bond acceptors (Lipinski definition) is 10. The molecule has 2 unspecified atom stereocenters. The van der Waals surface area contributed by atoms with E-state index in [1.54, 1.807) is 60.7 Å². The molecule has 0 aromatic heterocycles. The van der Waals surface area contributed by atoms with Gasteiger partial charge in [0, 0.05) is 41.7 Å². The largest absolute Gasteiger partial charge is 2.00 e. The summed E-state index contributed by atoms with van der Waals surface area (Å²) in [6, 6.07) is 16.8. The number of phosphoric ester groups is 1. The Kier molecular flexibility index (Phi) is 11.3. The van der Waals surface area contributed by atoms with Crippen molar-refractivity contribution in [1.29, 1.82) is 0 Å². The Hall–Kier alpha value is -2.52. The Morgan fingerprint density at radius 1 is 1.00 bits per heavy atom. The van der Waals surface area contributed by atoms with Crippen LogP contribution in [0.25, 0.3) is 0 Å². The molecule has 0 spiro atoms. The van der Waals surface area contributed by atoms with E-state index in [1.165, 1.54) is 0 Å². The van der Waals surface area contributed by atoms with Crippen molar-refractivity contribution in [3.63, 3.8) is 0 Å². The van der Waals surface area contributed by atoms with E-state index in [1.807, 2.05) is 0 Å². The van der Waals surface area contributed by atoms with Crippen LogP contribution >= 0.6 is 7.82 Å². The van der Waals surface area contributed by atoms with E-state index in [2.05, 4.69) is 19.9 Å². The summed E-state index contributed by atoms with van der Waals surface area (Å²) in [7, 11) is -14.7. The first-order valence-corrected chi connectivity index (χ1v) is 17.2. The molecule has 3 aromatic carbocycles. The molecule has 4 N–H and O–H groups in total. The maximum absolute atomic E-state index is 14.2. The zero-order valence-electron chi connectivity index (χ0n) is 38.1. The van der Waals surface area contributed by atoms with Crippen LogP contribution in [0.15, 0.2) is 89.8 Å². The normalized spacial score (nSPS) is 18.9. The minimum absolute atomic E-state index is 0. The van der Waals surface area contributed by atoms with Crippen LogP contribution in [0.3, 0.4) is 0 Å². The number of nitrogens with zero attached hydrogens (tertiary/aromatic N) is 1. The van der Waals surface area contributed by atoms with Crippen LogP contribution in [0.5, 0.6) is 0 Å². The Balaban J connectivity index is 0.0000128. The fourth-order valence-corrected chi connectivity index (χ4v) is 6.56. The molecule has 3 aromatic rings. The number of ether oxygens (including phenoxy) is 1. The quantitative estimate of drug-likeness (QED) is 0.0750. The molecule has 16 heteroatoms. The Morgan fingerprint density at radius 3 is 2.12 bits per heavy atom. The number of carbonyl (C=O) groups is 2. The molecule has 49 heavy (non-hydrogen) atoms. The van der Waals surface area contributed by atoms with E-state index >= 15 is 0 Å². The summed E-state index contributed by atoms with van der Waals surface area (Å²) in [4.78, 5) is 49.3. The van der Waals surface area contributed by atoms with Crippen molar-refractivity contribution in [3.05, 3.63) is 96.1 Å². The van der Waals surface area contributed by atoms with Gasteiger partial charge >= 0.3 is 43.8 Å². The van der Waals surface area contributed by atoms with Crippen LogP contribution < -0.4 is 26.2 Å². The van der Waals surface area contributed by atoms with Crippen molar-refractivity contribution < 1.29 is 58.1 Å². The Morgan fingerprint density at radius 2 is 1.59 bits per heavy atom. The third kappa shape index (κ3) is 13.6. The minimum Gasteiger partial charge on any atom is -0.790 e. The maximum atomic E-state index is 14.2. The standard InChI is InChI=1S/C33H45N4O9PS.Ca/c1-24(2)22-37(48(43,44)29-19-17-27(34)18-20-29)28(23-46-47(40,41)42)16-10-11-21-35-32(38)31(36-33(39)45-3)30(25-12-6-4-7-13-25)26-14-8-5-9-15-26;/h4-9,12-15,17-20,24,28,30-31H,10-11,16,21-23,34H2,1-3H3,(H,35,38)(H,36,39)(H2,40,41,42);/q;+2/p-2/t28-,31-;/m0./s1/i1D3,2D3,3D3,22D,23D,24D;/t22?,23?,28-,31-;. The average Bonchev–Trinajstić information content (AvgIpc) is 3.12. The van der Waals surface area contributed by atoms with Gasteiger partial charge in [-0.05, 0) is 54.1 Å². The number of anilines is 1. The molecule has 2 amide bonds. The number of nitrogens with two attached hydrogens (primary N) is 1. The van der Waals surface area contributed by atoms with Crippen LogP contribution in [0.2, 0.25) is 0 Å². The molecule has 0 aliphatic carbocycles. The number of rotatable bonds is 18. The van der Waals surface area contributed by atoms with E-state index in [-0.39, 0.29) is 67.1 Å². The van der Waals surface area contributed by atoms with Crippen molar-refractivity contribution in [2.24, 2.45) is 5.89 Å². The van der Waals surface area contributed by atoms with Gasteiger partial charge in [-0.15, -0.1) is 0 Å². The molecule has 0 bridgehead atoms. The van der Waals surface area contributed by atoms with Gasteiger partial charge in [-0.1, -0.05) is 80.8 Å². The summed E-state index contributed by atoms with van der Waals surface area (Å²) in [5.41, 5.74) is 6.74. The number of hydrogen-bond donors (Lipinski definition) is 3. The van der Waals surface area contributed by atoms with Crippen molar-refractivity contribution in [1.82, 2.24) is 14.9 Å². The Labute approximate surface area is 335 Å². The molecule has 4 atom stereocenters. The molecule has 0 aliphatic heterocycles. The third-order valence-electron chi connectivity index (χ3n) is 6.91. The van der Waals surface area contributed by atoms with Gasteiger partial charge in [0.05, 0.1) is 31.8 Å². The minimum atomic E-state index is -6.13. The molecule has 3 rings (SSSR count). The number of nitrogen functional groups attached to an aromatic ring is 1. The maximum Gasteiger partial charge on any atom is 2.00 e. The van der Waals surface area contributed by atoms with Crippen molar-refractivity contribution in [2.45, 2.75) is 55.9 Å². The van der Waals surface area contributed by atoms with E-state index in [0.717, 1.165) is 24.3 Å². The SMILES string of the molecule is [2H]C(OP(=O)([O-])[O-])[C@H](CCCCNC(=O)[C@@H](NC(=O)OC([2H])([2H])[2H])C(c1ccccc1)c1ccccc1)N(C([2H])C([2H])(C([2H])([2H])[2H])C([2H])([2H])[2H])S(=O)(=O)c1ccc(N)cc1.[Ca+2]. The molecule has 0 saturated heterocycles. The number of amides is 2. The smallest absolute Gasteiger partial charge is 0.790 e. The molecular formula is C33H43CaN4O9PS. The van der Waals surface area contributed by atoms with E-state index in [4.69, 9.17) is 22.2 Å². The zero-order valence-corrected chi connectivity index (χ0v) is 30.0. The fraction of sp³-hybridized carbons (Fsp3) is 0.394. The van der Waals surface area contributed by atoms with Crippen LogP contribution in [0.1, 0.15) is 66.5 Å². The summed E-state index contributed by atoms with van der Waals surface area (Å²) in [5, 5.41) is 4.85. The van der Waals surface area contributed by atoms with Crippen LogP contribution in [-0.4, -0.2) is 101 Å². The van der Waals surface area contributed by atoms with Crippen LogP contribution in [0.4, 0.5) is 10.5 Å². The zero-order chi connectivity index (χ0) is 45.5. The number of alkyl carbamates (subject to hydrolysis) is 1. The van der Waals surface area contributed by atoms with Gasteiger partial charge in [0.1, 0.15) is 6.04 Å². The fourth-order valence-electron chi connectivity index (χ4n) is 4.79. The summed E-state index contributed by atoms with van der Waals surface area (Å²) in [5.74, 6) is -5.75. The van der Waals surface area contributed by atoms with Gasteiger partial charge in [-0.2, -0.15) is 4.31 Å². The van der Waals surface area contributed by atoms with Gasteiger partial charge in [0.25, 0.3) is 0 Å². The summed E-state index contributed by atoms with van der Waals surface area (Å²) in [6.45, 7) is -14.0. The molecular weight excluding hydrogens is 700 g/mol. The molecule has 0 heterocycles. The van der Waals surface area contributed by atoms with Crippen LogP contribution in [-0.2, 0) is 28.6 Å². The average molecular weight is 755 g/mol. The number of methoxy groups -OCH3 is 1. The number of benzene rings is 3. The molecule has 13 nitrogen and oxygen atoms in total. The van der Waals surface area contributed by atoms with Gasteiger partial charge in [0.15, 0.2) is 0 Å². The summed E-state index contributed by atoms with van der Waals surface area (Å²) < 4.78 is 144. The number of sulfonamides is 1. The van der Waals surface area contributed by atoms with Crippen LogP contribution in [0, 0.1) is 5.89 Å². The first-order valence-electron chi connectivity index (χ1n) is 20.5. The van der Waals surface area contributed by atoms with E-state index in [0.29, 0.717) is 11.1 Å². The number of carbonyl (C=O) groups excluding carboxylic acids is 2. The van der Waals surface area contributed by atoms with Gasteiger partial charge in [0.2, 0.25) is 15.9 Å². The van der Waals surface area contributed by atoms with Crippen molar-refractivity contribution >= 4 is 73.3 Å². The summed E-state index contributed by atoms with van der Waals surface area (Å²) in [6.07, 6.45) is -2.73. The number of nitrogens with one attached hydrogen (secondary N) is 2. The monoisotopic (exact) mass is 754 g/mol. The predicted molar refractivity (Wildman–Crippen MR) is 184 cm³/mol. The van der Waals surface area contributed by atoms with Gasteiger partial charge in [-0.25, -0.2) is 13.2 Å². The molecule has 0 radical (unpaired) electrons. The second-order valence-corrected chi connectivity index (χ2v) is 13.2. The predicted octanol–water partition coefficient (Wildman–Crippen LogP) is 2.59. The number of unbranched alkanes of at least 4 members (excludes halogenated alkanes) is 1. The summed E-state index contributed by atoms with van der Waals surface area (Å²) >= 11 is 0. The second kappa shape index (κ2) is 20.4. The third-order valence-corrected chi connectivity index (χ3v) is 9.09. The van der Waals surface area contributed by atoms with Gasteiger partial charge < -0.3 is 40.0 Å². The molecule has 262 valence electrons. The van der Waals surface area contributed by atoms with E-state index in [9.17, 15) is 32.4 Å². The second-order valence-electron chi connectivity index (χ2n) is 10.3. The van der Waals surface area contributed by atoms with Crippen molar-refractivity contribution in [3.8, 4) is 0 Å². The molecule has 0 aliphatic rings. The van der Waals surface area contributed by atoms with Crippen molar-refractivity contribution in [2.75, 3.05) is 32.4 Å². The van der Waals surface area contributed by atoms with E-state index < -0.39 is 98.9 Å². The topological polar surface area (TPSA) is 203 Å². The van der Waals surface area contributed by atoms with Gasteiger partial charge in [-0.3, -0.25) is 4.79 Å². The molecule has 0 fully saturated rings. The molecule has 0 saturated carbocycles. The first kappa shape index (κ1) is 27.2. The first-order chi connectivity index (χ1) is 27.5.